The summed E-state index contributed by atoms with van der Waals surface area (Å²) < 4.78 is 0. The standard InChI is InChI=1S/C13H20N2O/c1-11(12-2-7-14-8-3-12)15-10-13(4-5-13)6-9-16/h2-3,7-8,11,15-16H,4-6,9-10H2,1H3. The molecule has 0 bridgehead atoms. The average molecular weight is 220 g/mol. The number of rotatable bonds is 6. The van der Waals surface area contributed by atoms with Crippen molar-refractivity contribution in [1.82, 2.24) is 10.3 Å². The summed E-state index contributed by atoms with van der Waals surface area (Å²) in [5.74, 6) is 0. The van der Waals surface area contributed by atoms with Gasteiger partial charge in [0.2, 0.25) is 0 Å². The minimum absolute atomic E-state index is 0.311. The van der Waals surface area contributed by atoms with Gasteiger partial charge in [0.15, 0.2) is 0 Å². The van der Waals surface area contributed by atoms with Crippen LogP contribution in [0.25, 0.3) is 0 Å². The number of hydrogen-bond acceptors (Lipinski definition) is 3. The Hall–Kier alpha value is -0.930. The number of pyridine rings is 1. The topological polar surface area (TPSA) is 45.1 Å². The van der Waals surface area contributed by atoms with Crippen LogP contribution in [0.3, 0.4) is 0 Å². The van der Waals surface area contributed by atoms with Crippen LogP contribution in [0.5, 0.6) is 0 Å². The molecule has 1 aromatic heterocycles. The number of aliphatic hydroxyl groups excluding tert-OH is 1. The number of nitrogens with zero attached hydrogens (tertiary/aromatic N) is 1. The second-order valence-electron chi connectivity index (χ2n) is 4.86. The van der Waals surface area contributed by atoms with E-state index in [0.29, 0.717) is 18.1 Å². The Labute approximate surface area is 96.9 Å². The van der Waals surface area contributed by atoms with Crippen LogP contribution < -0.4 is 5.32 Å². The van der Waals surface area contributed by atoms with E-state index < -0.39 is 0 Å². The fourth-order valence-electron chi connectivity index (χ4n) is 2.07. The summed E-state index contributed by atoms with van der Waals surface area (Å²) in [6.45, 7) is 3.49. The van der Waals surface area contributed by atoms with Gasteiger partial charge in [-0.25, -0.2) is 0 Å². The van der Waals surface area contributed by atoms with Crippen molar-refractivity contribution in [3.8, 4) is 0 Å². The van der Waals surface area contributed by atoms with Crippen LogP contribution in [0.15, 0.2) is 24.5 Å². The number of hydrogen-bond donors (Lipinski definition) is 2. The summed E-state index contributed by atoms with van der Waals surface area (Å²) in [6.07, 6.45) is 7.10. The third-order valence-corrected chi connectivity index (χ3v) is 3.59. The molecule has 0 aliphatic heterocycles. The van der Waals surface area contributed by atoms with Crippen LogP contribution in [0.4, 0.5) is 0 Å². The zero-order valence-electron chi connectivity index (χ0n) is 9.82. The third kappa shape index (κ3) is 2.80. The van der Waals surface area contributed by atoms with Gasteiger partial charge in [0.05, 0.1) is 0 Å². The molecule has 0 saturated heterocycles. The monoisotopic (exact) mass is 220 g/mol. The van der Waals surface area contributed by atoms with Crippen LogP contribution in [0.1, 0.15) is 37.8 Å². The molecule has 1 heterocycles. The van der Waals surface area contributed by atoms with Crippen molar-refractivity contribution in [2.24, 2.45) is 5.41 Å². The van der Waals surface area contributed by atoms with E-state index in [2.05, 4.69) is 17.2 Å². The van der Waals surface area contributed by atoms with Gasteiger partial charge in [0.1, 0.15) is 0 Å². The van der Waals surface area contributed by atoms with Gasteiger partial charge in [-0.2, -0.15) is 0 Å². The Bertz CT molecular complexity index is 322. The summed E-state index contributed by atoms with van der Waals surface area (Å²) in [7, 11) is 0. The maximum Gasteiger partial charge on any atom is 0.0436 e. The molecule has 0 spiro atoms. The molecular formula is C13H20N2O. The smallest absolute Gasteiger partial charge is 0.0436 e. The molecule has 1 saturated carbocycles. The number of nitrogens with one attached hydrogen (secondary N) is 1. The van der Waals surface area contributed by atoms with Crippen molar-refractivity contribution in [2.75, 3.05) is 13.2 Å². The van der Waals surface area contributed by atoms with Crippen LogP contribution in [-0.2, 0) is 0 Å². The molecule has 0 radical (unpaired) electrons. The predicted molar refractivity (Wildman–Crippen MR) is 64.0 cm³/mol. The minimum Gasteiger partial charge on any atom is -0.396 e. The van der Waals surface area contributed by atoms with Crippen molar-refractivity contribution in [3.63, 3.8) is 0 Å². The van der Waals surface area contributed by atoms with Crippen LogP contribution >= 0.6 is 0 Å². The van der Waals surface area contributed by atoms with Crippen molar-refractivity contribution >= 4 is 0 Å². The molecule has 0 amide bonds. The molecule has 16 heavy (non-hydrogen) atoms. The van der Waals surface area contributed by atoms with E-state index in [9.17, 15) is 0 Å². The first-order valence-corrected chi connectivity index (χ1v) is 6.00. The lowest BCUT2D eigenvalue weighted by molar-refractivity contribution is 0.243. The maximum atomic E-state index is 8.99. The number of aliphatic hydroxyl groups is 1. The largest absolute Gasteiger partial charge is 0.396 e. The minimum atomic E-state index is 0.311. The first kappa shape index (κ1) is 11.6. The highest BCUT2D eigenvalue weighted by molar-refractivity contribution is 5.14. The Morgan fingerprint density at radius 1 is 1.44 bits per heavy atom. The van der Waals surface area contributed by atoms with Gasteiger partial charge in [0.25, 0.3) is 0 Å². The first-order chi connectivity index (χ1) is 7.76. The van der Waals surface area contributed by atoms with Gasteiger partial charge < -0.3 is 10.4 Å². The molecular weight excluding hydrogens is 200 g/mol. The highest BCUT2D eigenvalue weighted by Crippen LogP contribution is 2.48. The van der Waals surface area contributed by atoms with Gasteiger partial charge >= 0.3 is 0 Å². The highest BCUT2D eigenvalue weighted by Gasteiger charge is 2.41. The second kappa shape index (κ2) is 4.93. The van der Waals surface area contributed by atoms with Gasteiger partial charge in [-0.3, -0.25) is 4.98 Å². The summed E-state index contributed by atoms with van der Waals surface area (Å²) >= 11 is 0. The Kier molecular flexibility index (Phi) is 3.56. The van der Waals surface area contributed by atoms with Crippen molar-refractivity contribution < 1.29 is 5.11 Å². The quantitative estimate of drug-likeness (QED) is 0.769. The molecule has 1 aliphatic carbocycles. The molecule has 88 valence electrons. The van der Waals surface area contributed by atoms with Crippen molar-refractivity contribution in [3.05, 3.63) is 30.1 Å². The molecule has 1 fully saturated rings. The summed E-state index contributed by atoms with van der Waals surface area (Å²) in [6, 6.07) is 4.45. The van der Waals surface area contributed by atoms with Gasteiger partial charge in [-0.15, -0.1) is 0 Å². The zero-order valence-corrected chi connectivity index (χ0v) is 9.82. The van der Waals surface area contributed by atoms with E-state index >= 15 is 0 Å². The molecule has 3 nitrogen and oxygen atoms in total. The van der Waals surface area contributed by atoms with Crippen molar-refractivity contribution in [2.45, 2.75) is 32.2 Å². The summed E-state index contributed by atoms with van der Waals surface area (Å²) in [5.41, 5.74) is 1.66. The molecule has 0 aromatic carbocycles. The molecule has 2 N–H and O–H groups in total. The average Bonchev–Trinajstić information content (AvgIpc) is 3.08. The van der Waals surface area contributed by atoms with Crippen LogP contribution in [0, 0.1) is 5.41 Å². The van der Waals surface area contributed by atoms with E-state index in [4.69, 9.17) is 5.11 Å². The van der Waals surface area contributed by atoms with Gasteiger partial charge in [-0.05, 0) is 49.3 Å². The van der Waals surface area contributed by atoms with E-state index in [1.165, 1.54) is 18.4 Å². The van der Waals surface area contributed by atoms with E-state index in [1.807, 2.05) is 24.5 Å². The molecule has 3 heteroatoms. The lowest BCUT2D eigenvalue weighted by Gasteiger charge is -2.19. The van der Waals surface area contributed by atoms with E-state index in [-0.39, 0.29) is 0 Å². The fraction of sp³-hybridized carbons (Fsp3) is 0.615. The predicted octanol–water partition coefficient (Wildman–Crippen LogP) is 1.89. The molecule has 1 aliphatic rings. The second-order valence-corrected chi connectivity index (χ2v) is 4.86. The van der Waals surface area contributed by atoms with Crippen molar-refractivity contribution in [1.29, 1.82) is 0 Å². The summed E-state index contributed by atoms with van der Waals surface area (Å²) in [5, 5.41) is 12.5. The molecule has 1 unspecified atom stereocenters. The Balaban J connectivity index is 1.82. The van der Waals surface area contributed by atoms with Gasteiger partial charge in [-0.1, -0.05) is 0 Å². The highest BCUT2D eigenvalue weighted by atomic mass is 16.3. The Morgan fingerprint density at radius 2 is 2.12 bits per heavy atom. The molecule has 1 atom stereocenters. The Morgan fingerprint density at radius 3 is 2.69 bits per heavy atom. The maximum absolute atomic E-state index is 8.99. The van der Waals surface area contributed by atoms with Crippen LogP contribution in [0.2, 0.25) is 0 Å². The lowest BCUT2D eigenvalue weighted by Crippen LogP contribution is -2.27. The zero-order chi connectivity index (χ0) is 11.4. The molecule has 1 aromatic rings. The first-order valence-electron chi connectivity index (χ1n) is 6.00. The molecule has 2 rings (SSSR count). The third-order valence-electron chi connectivity index (χ3n) is 3.59. The number of aromatic nitrogens is 1. The lowest BCUT2D eigenvalue weighted by atomic mass is 10.0. The van der Waals surface area contributed by atoms with E-state index in [1.54, 1.807) is 0 Å². The van der Waals surface area contributed by atoms with Gasteiger partial charge in [0, 0.05) is 31.6 Å². The SMILES string of the molecule is CC(NCC1(CCO)CC1)c1ccncc1. The van der Waals surface area contributed by atoms with E-state index in [0.717, 1.165) is 13.0 Å². The fourth-order valence-corrected chi connectivity index (χ4v) is 2.07. The normalized spacial score (nSPS) is 19.4. The van der Waals surface area contributed by atoms with Crippen LogP contribution in [-0.4, -0.2) is 23.2 Å². The summed E-state index contributed by atoms with van der Waals surface area (Å²) in [4.78, 5) is 4.02.